The summed E-state index contributed by atoms with van der Waals surface area (Å²) < 4.78 is 43.5. The molecule has 0 saturated carbocycles. The van der Waals surface area contributed by atoms with Gasteiger partial charge < -0.3 is 23.8 Å². The Morgan fingerprint density at radius 2 is 1.62 bits per heavy atom. The molecular weight excluding hydrogens is 754 g/mol. The second-order valence-electron chi connectivity index (χ2n) is 14.8. The average molecular weight is 791 g/mol. The maximum Gasteiger partial charge on any atom is 0.329 e. The van der Waals surface area contributed by atoms with Crippen molar-refractivity contribution >= 4 is 45.3 Å². The van der Waals surface area contributed by atoms with Crippen LogP contribution in [-0.4, -0.2) is 79.5 Å². The first-order chi connectivity index (χ1) is 27.8. The Kier molecular flexibility index (Phi) is 8.45. The van der Waals surface area contributed by atoms with E-state index in [1.807, 2.05) is 6.07 Å². The van der Waals surface area contributed by atoms with Crippen LogP contribution in [-0.2, 0) is 36.8 Å². The van der Waals surface area contributed by atoms with Crippen LogP contribution in [0.5, 0.6) is 11.5 Å². The Hall–Kier alpha value is -6.91. The summed E-state index contributed by atoms with van der Waals surface area (Å²) in [5.41, 5.74) is 4.39. The Labute approximate surface area is 328 Å². The lowest BCUT2D eigenvalue weighted by Crippen LogP contribution is -2.56. The zero-order valence-corrected chi connectivity index (χ0v) is 31.8. The van der Waals surface area contributed by atoms with Crippen molar-refractivity contribution in [2.45, 2.75) is 37.9 Å². The second kappa shape index (κ2) is 13.3. The molecule has 1 atom stereocenters. The zero-order chi connectivity index (χ0) is 40.8. The van der Waals surface area contributed by atoms with Crippen LogP contribution < -0.4 is 30.9 Å². The summed E-state index contributed by atoms with van der Waals surface area (Å²) in [6.07, 6.45) is 5.04. The number of methoxy groups -OCH3 is 2. The number of ether oxygens (including phenoxy) is 2. The highest BCUT2D eigenvalue weighted by atomic mass is 19.3. The van der Waals surface area contributed by atoms with E-state index >= 15 is 0 Å². The number of alkyl halides is 2. The number of amides is 3. The van der Waals surface area contributed by atoms with Gasteiger partial charge in [0, 0.05) is 61.2 Å². The van der Waals surface area contributed by atoms with Gasteiger partial charge >= 0.3 is 5.69 Å². The predicted octanol–water partition coefficient (Wildman–Crippen LogP) is 3.92. The third kappa shape index (κ3) is 5.78. The lowest BCUT2D eigenvalue weighted by Gasteiger charge is -2.39. The van der Waals surface area contributed by atoms with E-state index in [-0.39, 0.29) is 43.3 Å². The summed E-state index contributed by atoms with van der Waals surface area (Å²) in [5, 5.41) is 3.17. The molecule has 3 aliphatic rings. The van der Waals surface area contributed by atoms with Crippen molar-refractivity contribution in [1.29, 1.82) is 0 Å². The second-order valence-corrected chi connectivity index (χ2v) is 14.8. The Bertz CT molecular complexity index is 2870. The molecule has 2 aromatic carbocycles. The minimum atomic E-state index is -2.80. The van der Waals surface area contributed by atoms with Crippen molar-refractivity contribution in [3.8, 4) is 33.8 Å². The fourth-order valence-corrected chi connectivity index (χ4v) is 8.32. The van der Waals surface area contributed by atoms with Crippen molar-refractivity contribution in [2.75, 3.05) is 32.2 Å². The summed E-state index contributed by atoms with van der Waals surface area (Å²) in [6, 6.07) is 11.4. The fraction of sp³-hybridized carbons (Fsp3) is 0.293. The first kappa shape index (κ1) is 36.7. The summed E-state index contributed by atoms with van der Waals surface area (Å²) in [7, 11) is 6.24. The highest BCUT2D eigenvalue weighted by molar-refractivity contribution is 6.02. The molecule has 0 aliphatic carbocycles. The van der Waals surface area contributed by atoms with Crippen LogP contribution in [0.1, 0.15) is 40.5 Å². The molecule has 0 spiro atoms. The number of para-hydroxylation sites is 1. The van der Waals surface area contributed by atoms with Crippen LogP contribution in [0.3, 0.4) is 0 Å². The van der Waals surface area contributed by atoms with E-state index in [0.717, 1.165) is 0 Å². The van der Waals surface area contributed by atoms with Crippen LogP contribution >= 0.6 is 0 Å². The molecule has 2 fully saturated rings. The van der Waals surface area contributed by atoms with E-state index in [4.69, 9.17) is 9.47 Å². The van der Waals surface area contributed by atoms with E-state index in [1.54, 1.807) is 67.8 Å². The van der Waals surface area contributed by atoms with Crippen molar-refractivity contribution in [3.63, 3.8) is 0 Å². The molecule has 2 saturated heterocycles. The molecule has 15 nitrogen and oxygen atoms in total. The number of halogens is 2. The Morgan fingerprint density at radius 1 is 0.879 bits per heavy atom. The van der Waals surface area contributed by atoms with Gasteiger partial charge in [-0.15, -0.1) is 0 Å². The number of rotatable bonds is 8. The van der Waals surface area contributed by atoms with Gasteiger partial charge in [0.05, 0.1) is 73.6 Å². The third-order valence-corrected chi connectivity index (χ3v) is 11.3. The molecular formula is C41H36F2N8O7. The quantitative estimate of drug-likeness (QED) is 0.224. The van der Waals surface area contributed by atoms with Gasteiger partial charge in [-0.25, -0.2) is 18.6 Å². The van der Waals surface area contributed by atoms with Gasteiger partial charge in [-0.3, -0.25) is 38.6 Å². The van der Waals surface area contributed by atoms with Crippen LogP contribution in [0.25, 0.3) is 44.1 Å². The van der Waals surface area contributed by atoms with Gasteiger partial charge in [-0.1, -0.05) is 12.1 Å². The number of nitrogens with zero attached hydrogens (tertiary/aromatic N) is 7. The van der Waals surface area contributed by atoms with Gasteiger partial charge in [0.2, 0.25) is 11.8 Å². The van der Waals surface area contributed by atoms with Crippen molar-refractivity contribution in [2.24, 2.45) is 14.1 Å². The topological polar surface area (TPSA) is 163 Å². The number of anilines is 1. The Morgan fingerprint density at radius 3 is 2.31 bits per heavy atom. The molecule has 17 heteroatoms. The van der Waals surface area contributed by atoms with E-state index in [1.165, 1.54) is 39.0 Å². The molecule has 7 heterocycles. The molecule has 6 aromatic rings. The summed E-state index contributed by atoms with van der Waals surface area (Å²) in [5.74, 6) is -2.83. The minimum Gasteiger partial charge on any atom is -0.496 e. The zero-order valence-electron chi connectivity index (χ0n) is 31.8. The molecule has 3 amide bonds. The van der Waals surface area contributed by atoms with Crippen LogP contribution in [0, 0.1) is 0 Å². The van der Waals surface area contributed by atoms with E-state index in [0.29, 0.717) is 78.2 Å². The first-order valence-electron chi connectivity index (χ1n) is 18.5. The number of pyridine rings is 3. The average Bonchev–Trinajstić information content (AvgIpc) is 3.65. The normalized spacial score (nSPS) is 17.5. The third-order valence-electron chi connectivity index (χ3n) is 11.3. The van der Waals surface area contributed by atoms with Crippen LogP contribution in [0.2, 0.25) is 0 Å². The number of imidazole rings is 1. The number of nitrogens with one attached hydrogen (secondary N) is 1. The van der Waals surface area contributed by atoms with Gasteiger partial charge in [0.1, 0.15) is 23.4 Å². The lowest BCUT2D eigenvalue weighted by molar-refractivity contribution is -0.135. The molecule has 9 rings (SSSR count). The highest BCUT2D eigenvalue weighted by Crippen LogP contribution is 2.41. The molecule has 296 valence electrons. The van der Waals surface area contributed by atoms with Crippen LogP contribution in [0.4, 0.5) is 14.6 Å². The van der Waals surface area contributed by atoms with Crippen molar-refractivity contribution in [3.05, 3.63) is 98.7 Å². The molecule has 0 bridgehead atoms. The van der Waals surface area contributed by atoms with Gasteiger partial charge in [-0.2, -0.15) is 0 Å². The maximum atomic E-state index is 14.1. The first-order valence-corrected chi connectivity index (χ1v) is 18.5. The summed E-state index contributed by atoms with van der Waals surface area (Å²) in [6.45, 7) is -0.624. The highest BCUT2D eigenvalue weighted by Gasteiger charge is 2.44. The van der Waals surface area contributed by atoms with Crippen LogP contribution in [0.15, 0.2) is 70.6 Å². The van der Waals surface area contributed by atoms with E-state index in [2.05, 4.69) is 15.3 Å². The predicted molar refractivity (Wildman–Crippen MR) is 208 cm³/mol. The van der Waals surface area contributed by atoms with E-state index in [9.17, 15) is 32.8 Å². The summed E-state index contributed by atoms with van der Waals surface area (Å²) >= 11 is 0. The maximum absolute atomic E-state index is 14.1. The van der Waals surface area contributed by atoms with E-state index < -0.39 is 36.7 Å². The minimum absolute atomic E-state index is 0.0985. The number of piperidine rings is 1. The number of benzene rings is 2. The van der Waals surface area contributed by atoms with Gasteiger partial charge in [-0.05, 0) is 42.3 Å². The fourth-order valence-electron chi connectivity index (χ4n) is 8.32. The molecule has 0 radical (unpaired) electrons. The molecule has 3 aliphatic heterocycles. The van der Waals surface area contributed by atoms with Gasteiger partial charge in [0.15, 0.2) is 0 Å². The lowest BCUT2D eigenvalue weighted by atomic mass is 9.98. The number of fused-ring (bicyclic) bond motifs is 3. The SMILES string of the molecule is COc1cc(-c2cn(C)c(=O)c3cnc(N4CC(F)(F)C4)cc23)cc(OC)c1CN1Cc2ncc(-c3cccc4c3n(C)c(=O)n4C3CCC(=O)NC3=O)cc2C1=O. The molecule has 58 heavy (non-hydrogen) atoms. The monoisotopic (exact) mass is 790 g/mol. The number of hydrogen-bond acceptors (Lipinski definition) is 10. The molecule has 1 N–H and O–H groups in total. The molecule has 4 aromatic heterocycles. The number of hydrogen-bond donors (Lipinski definition) is 1. The number of carbonyl (C=O) groups is 3. The summed E-state index contributed by atoms with van der Waals surface area (Å²) in [4.78, 5) is 77.4. The standard InChI is InChI=1S/C41H36F2N8O7/c1-47-16-27(24-13-34(45-15-26(24)38(47)54)50-19-41(42,43)20-50)21-11-32(57-3)28(33(12-21)58-4)17-49-18-29-25(39(49)55)10-22(14-44-29)23-6-5-7-30-36(23)48(2)40(56)51(30)31-8-9-35(52)46-37(31)53/h5-7,10-16,31H,8-9,17-20H2,1-4H3,(H,46,52,53). The largest absolute Gasteiger partial charge is 0.496 e. The van der Waals surface area contributed by atoms with Gasteiger partial charge in [0.25, 0.3) is 17.4 Å². The number of aromatic nitrogens is 5. The van der Waals surface area contributed by atoms with Crippen molar-refractivity contribution < 1.29 is 32.6 Å². The number of aryl methyl sites for hydroxylation is 2. The Balaban J connectivity index is 1.04. The number of carbonyl (C=O) groups excluding carboxylic acids is 3. The smallest absolute Gasteiger partial charge is 0.329 e. The number of imide groups is 1. The van der Waals surface area contributed by atoms with Crippen molar-refractivity contribution in [1.82, 2.24) is 33.9 Å². The molecule has 1 unspecified atom stereocenters.